The first-order chi connectivity index (χ1) is 6.33. The zero-order valence-electron chi connectivity index (χ0n) is 6.79. The van der Waals surface area contributed by atoms with Gasteiger partial charge in [0.2, 0.25) is 0 Å². The number of halogens is 1. The molecule has 0 aromatic carbocycles. The number of nitrogens with two attached hydrogens (primary N) is 1. The van der Waals surface area contributed by atoms with E-state index in [4.69, 9.17) is 5.73 Å². The minimum Gasteiger partial charge on any atom is -0.326 e. The Morgan fingerprint density at radius 1 is 1.23 bits per heavy atom. The molecule has 0 saturated heterocycles. The maximum absolute atomic E-state index is 5.65. The van der Waals surface area contributed by atoms with Crippen LogP contribution >= 0.6 is 38.6 Å². The molecule has 0 saturated carbocycles. The highest BCUT2D eigenvalue weighted by molar-refractivity contribution is 9.10. The lowest BCUT2D eigenvalue weighted by Gasteiger charge is -1.98. The van der Waals surface area contributed by atoms with E-state index in [0.717, 1.165) is 4.47 Å². The average Bonchev–Trinajstić information content (AvgIpc) is 2.71. The van der Waals surface area contributed by atoms with Crippen LogP contribution in [0.25, 0.3) is 10.4 Å². The Balaban J connectivity index is 2.52. The Labute approximate surface area is 93.3 Å². The van der Waals surface area contributed by atoms with Gasteiger partial charge < -0.3 is 5.73 Å². The molecule has 68 valence electrons. The molecular formula is C9H8BrNS2. The summed E-state index contributed by atoms with van der Waals surface area (Å²) in [7, 11) is 0. The SMILES string of the molecule is NCc1sccc1-c1sccc1Br. The molecule has 0 aliphatic heterocycles. The van der Waals surface area contributed by atoms with Crippen molar-refractivity contribution in [2.24, 2.45) is 5.73 Å². The first-order valence-corrected chi connectivity index (χ1v) is 6.38. The molecule has 13 heavy (non-hydrogen) atoms. The van der Waals surface area contributed by atoms with Gasteiger partial charge in [0.05, 0.1) is 0 Å². The van der Waals surface area contributed by atoms with Crippen molar-refractivity contribution in [3.8, 4) is 10.4 Å². The standard InChI is InChI=1S/C9H8BrNS2/c10-7-2-4-13-9(7)6-1-3-12-8(6)5-11/h1-4H,5,11H2. The van der Waals surface area contributed by atoms with Gasteiger partial charge in [-0.15, -0.1) is 22.7 Å². The van der Waals surface area contributed by atoms with Crippen molar-refractivity contribution in [2.75, 3.05) is 0 Å². The van der Waals surface area contributed by atoms with Gasteiger partial charge in [-0.3, -0.25) is 0 Å². The van der Waals surface area contributed by atoms with Gasteiger partial charge in [0.25, 0.3) is 0 Å². The van der Waals surface area contributed by atoms with Crippen molar-refractivity contribution in [2.45, 2.75) is 6.54 Å². The molecule has 0 aliphatic carbocycles. The zero-order valence-corrected chi connectivity index (χ0v) is 10.0. The van der Waals surface area contributed by atoms with E-state index in [1.165, 1.54) is 15.3 Å². The molecular weight excluding hydrogens is 266 g/mol. The van der Waals surface area contributed by atoms with Crippen LogP contribution in [0.3, 0.4) is 0 Å². The summed E-state index contributed by atoms with van der Waals surface area (Å²) in [5.74, 6) is 0. The van der Waals surface area contributed by atoms with Crippen molar-refractivity contribution in [3.05, 3.63) is 32.2 Å². The van der Waals surface area contributed by atoms with Crippen LogP contribution in [0.5, 0.6) is 0 Å². The Hall–Kier alpha value is -0.160. The van der Waals surface area contributed by atoms with Crippen molar-refractivity contribution < 1.29 is 0 Å². The van der Waals surface area contributed by atoms with Crippen LogP contribution in [0.1, 0.15) is 4.88 Å². The van der Waals surface area contributed by atoms with Crippen molar-refractivity contribution in [1.29, 1.82) is 0 Å². The van der Waals surface area contributed by atoms with E-state index >= 15 is 0 Å². The predicted octanol–water partition coefficient (Wildman–Crippen LogP) is 3.70. The minimum atomic E-state index is 0.622. The van der Waals surface area contributed by atoms with Gasteiger partial charge in [-0.2, -0.15) is 0 Å². The first-order valence-electron chi connectivity index (χ1n) is 3.82. The highest BCUT2D eigenvalue weighted by atomic mass is 79.9. The number of rotatable bonds is 2. The molecule has 1 nitrogen and oxygen atoms in total. The van der Waals surface area contributed by atoms with Gasteiger partial charge in [0.15, 0.2) is 0 Å². The summed E-state index contributed by atoms with van der Waals surface area (Å²) in [6, 6.07) is 4.20. The monoisotopic (exact) mass is 273 g/mol. The summed E-state index contributed by atoms with van der Waals surface area (Å²) < 4.78 is 1.16. The second-order valence-electron chi connectivity index (χ2n) is 2.56. The van der Waals surface area contributed by atoms with Gasteiger partial charge in [0.1, 0.15) is 0 Å². The second kappa shape index (κ2) is 3.92. The summed E-state index contributed by atoms with van der Waals surface area (Å²) in [5, 5.41) is 4.17. The average molecular weight is 274 g/mol. The largest absolute Gasteiger partial charge is 0.326 e. The van der Waals surface area contributed by atoms with Crippen LogP contribution < -0.4 is 5.73 Å². The van der Waals surface area contributed by atoms with E-state index in [1.807, 2.05) is 0 Å². The molecule has 2 N–H and O–H groups in total. The van der Waals surface area contributed by atoms with Crippen molar-refractivity contribution >= 4 is 38.6 Å². The molecule has 0 spiro atoms. The van der Waals surface area contributed by atoms with Gasteiger partial charge in [-0.25, -0.2) is 0 Å². The van der Waals surface area contributed by atoms with Crippen LogP contribution in [-0.4, -0.2) is 0 Å². The van der Waals surface area contributed by atoms with Crippen LogP contribution in [-0.2, 0) is 6.54 Å². The fraction of sp³-hybridized carbons (Fsp3) is 0.111. The van der Waals surface area contributed by atoms with Crippen molar-refractivity contribution in [3.63, 3.8) is 0 Å². The summed E-state index contributed by atoms with van der Waals surface area (Å²) in [6.07, 6.45) is 0. The van der Waals surface area contributed by atoms with E-state index in [2.05, 4.69) is 38.8 Å². The highest BCUT2D eigenvalue weighted by Gasteiger charge is 2.09. The van der Waals surface area contributed by atoms with E-state index in [9.17, 15) is 0 Å². The summed E-state index contributed by atoms with van der Waals surface area (Å²) in [5.41, 5.74) is 6.92. The van der Waals surface area contributed by atoms with E-state index in [1.54, 1.807) is 22.7 Å². The number of hydrogen-bond donors (Lipinski definition) is 1. The summed E-state index contributed by atoms with van der Waals surface area (Å²) >= 11 is 6.98. The third kappa shape index (κ3) is 1.72. The first kappa shape index (κ1) is 9.40. The molecule has 0 fully saturated rings. The quantitative estimate of drug-likeness (QED) is 0.887. The number of hydrogen-bond acceptors (Lipinski definition) is 3. The Morgan fingerprint density at radius 2 is 2.00 bits per heavy atom. The lowest BCUT2D eigenvalue weighted by atomic mass is 10.2. The van der Waals surface area contributed by atoms with Crippen LogP contribution in [0.15, 0.2) is 27.4 Å². The maximum Gasteiger partial charge on any atom is 0.0496 e. The second-order valence-corrected chi connectivity index (χ2v) is 5.33. The third-order valence-electron chi connectivity index (χ3n) is 1.79. The molecule has 0 aliphatic rings. The number of thiophene rings is 2. The molecule has 4 heteroatoms. The van der Waals surface area contributed by atoms with Crippen LogP contribution in [0, 0.1) is 0 Å². The molecule has 0 unspecified atom stereocenters. The molecule has 0 bridgehead atoms. The molecule has 0 atom stereocenters. The van der Waals surface area contributed by atoms with Gasteiger partial charge in [-0.1, -0.05) is 0 Å². The molecule has 2 aromatic rings. The van der Waals surface area contributed by atoms with Crippen LogP contribution in [0.2, 0.25) is 0 Å². The van der Waals surface area contributed by atoms with Gasteiger partial charge in [-0.05, 0) is 38.8 Å². The molecule has 2 rings (SSSR count). The normalized spacial score (nSPS) is 10.6. The summed E-state index contributed by atoms with van der Waals surface area (Å²) in [4.78, 5) is 2.53. The Bertz CT molecular complexity index is 405. The molecule has 2 aromatic heterocycles. The zero-order chi connectivity index (χ0) is 9.26. The van der Waals surface area contributed by atoms with Gasteiger partial charge >= 0.3 is 0 Å². The van der Waals surface area contributed by atoms with E-state index in [0.29, 0.717) is 6.54 Å². The fourth-order valence-corrected chi connectivity index (χ4v) is 3.65. The molecule has 0 radical (unpaired) electrons. The topological polar surface area (TPSA) is 26.0 Å². The fourth-order valence-electron chi connectivity index (χ4n) is 1.19. The Kier molecular flexibility index (Phi) is 2.83. The molecule has 0 amide bonds. The summed E-state index contributed by atoms with van der Waals surface area (Å²) in [6.45, 7) is 0.622. The predicted molar refractivity (Wildman–Crippen MR) is 63.2 cm³/mol. The van der Waals surface area contributed by atoms with Crippen LogP contribution in [0.4, 0.5) is 0 Å². The third-order valence-corrected chi connectivity index (χ3v) is 4.61. The lowest BCUT2D eigenvalue weighted by Crippen LogP contribution is -1.93. The van der Waals surface area contributed by atoms with Crippen molar-refractivity contribution in [1.82, 2.24) is 0 Å². The lowest BCUT2D eigenvalue weighted by molar-refractivity contribution is 1.11. The Morgan fingerprint density at radius 3 is 2.62 bits per heavy atom. The smallest absolute Gasteiger partial charge is 0.0496 e. The highest BCUT2D eigenvalue weighted by Crippen LogP contribution is 2.37. The van der Waals surface area contributed by atoms with E-state index in [-0.39, 0.29) is 0 Å². The maximum atomic E-state index is 5.65. The minimum absolute atomic E-state index is 0.622. The molecule has 2 heterocycles. The van der Waals surface area contributed by atoms with Gasteiger partial charge in [0, 0.05) is 26.3 Å². The van der Waals surface area contributed by atoms with E-state index < -0.39 is 0 Å².